The van der Waals surface area contributed by atoms with Crippen molar-refractivity contribution >= 4 is 23.8 Å². The van der Waals surface area contributed by atoms with E-state index in [2.05, 4.69) is 22.3 Å². The molecule has 0 radical (unpaired) electrons. The van der Waals surface area contributed by atoms with Crippen LogP contribution in [-0.4, -0.2) is 28.1 Å². The standard InChI is InChI=1S/C24H29ClN4O2/c1-14-21(22(30)29(28-14)20-5-3-19(25)4-6-20)13-26-23(31)27-15(2)24-10-16-7-17(11-24)9-18(8-16)12-24/h3-6,13,15-18,28H,7-12H2,1-2H3,(H,27,31)/t15-,16?,17?,18?,24?/m1/s1. The van der Waals surface area contributed by atoms with Crippen molar-refractivity contribution in [2.24, 2.45) is 28.2 Å². The molecule has 0 aliphatic heterocycles. The first-order valence-corrected chi connectivity index (χ1v) is 11.6. The van der Waals surface area contributed by atoms with Crippen molar-refractivity contribution in [2.75, 3.05) is 0 Å². The molecule has 1 aromatic heterocycles. The third-order valence-electron chi connectivity index (χ3n) is 7.86. The molecule has 6 rings (SSSR count). The lowest BCUT2D eigenvalue weighted by atomic mass is 9.48. The number of H-pyrrole nitrogens is 1. The van der Waals surface area contributed by atoms with Crippen LogP contribution in [0.25, 0.3) is 5.69 Å². The summed E-state index contributed by atoms with van der Waals surface area (Å²) in [7, 11) is 0. The van der Waals surface area contributed by atoms with Gasteiger partial charge in [0.05, 0.1) is 11.3 Å². The third kappa shape index (κ3) is 3.75. The van der Waals surface area contributed by atoms with Crippen LogP contribution in [0.2, 0.25) is 5.02 Å². The number of aliphatic imine (C=N–C) groups is 1. The molecule has 0 saturated heterocycles. The van der Waals surface area contributed by atoms with Gasteiger partial charge in [0.25, 0.3) is 5.56 Å². The summed E-state index contributed by atoms with van der Waals surface area (Å²) in [6.45, 7) is 3.93. The van der Waals surface area contributed by atoms with Gasteiger partial charge in [0, 0.05) is 23.0 Å². The number of hydrogen-bond acceptors (Lipinski definition) is 2. The summed E-state index contributed by atoms with van der Waals surface area (Å²) in [5.41, 5.74) is 1.70. The summed E-state index contributed by atoms with van der Waals surface area (Å²) < 4.78 is 1.43. The maximum atomic E-state index is 12.8. The second-order valence-corrected chi connectivity index (χ2v) is 10.4. The molecule has 1 aromatic carbocycles. The van der Waals surface area contributed by atoms with Crippen molar-refractivity contribution in [1.82, 2.24) is 15.1 Å². The molecule has 0 spiro atoms. The van der Waals surface area contributed by atoms with E-state index in [0.717, 1.165) is 17.8 Å². The molecule has 4 bridgehead atoms. The lowest BCUT2D eigenvalue weighted by Gasteiger charge is -2.59. The molecular formula is C24H29ClN4O2. The van der Waals surface area contributed by atoms with Crippen molar-refractivity contribution in [3.8, 4) is 5.69 Å². The number of urea groups is 1. The average molecular weight is 441 g/mol. The normalized spacial score (nSPS) is 30.1. The van der Waals surface area contributed by atoms with Gasteiger partial charge in [0.1, 0.15) is 0 Å². The second kappa shape index (κ2) is 7.66. The van der Waals surface area contributed by atoms with Crippen molar-refractivity contribution in [1.29, 1.82) is 0 Å². The summed E-state index contributed by atoms with van der Waals surface area (Å²) >= 11 is 5.94. The van der Waals surface area contributed by atoms with E-state index in [0.29, 0.717) is 22.0 Å². The van der Waals surface area contributed by atoms with Crippen molar-refractivity contribution < 1.29 is 4.79 Å². The number of hydrogen-bond donors (Lipinski definition) is 2. The molecule has 2 N–H and O–H groups in total. The summed E-state index contributed by atoms with van der Waals surface area (Å²) in [6, 6.07) is 6.71. The average Bonchev–Trinajstić information content (AvgIpc) is 2.99. The van der Waals surface area contributed by atoms with E-state index in [1.165, 1.54) is 49.4 Å². The van der Waals surface area contributed by atoms with Gasteiger partial charge in [-0.3, -0.25) is 9.89 Å². The van der Waals surface area contributed by atoms with Crippen LogP contribution in [0, 0.1) is 30.1 Å². The molecule has 1 atom stereocenters. The number of carbonyl (C=O) groups is 1. The quantitative estimate of drug-likeness (QED) is 0.665. The van der Waals surface area contributed by atoms with Gasteiger partial charge in [0.15, 0.2) is 0 Å². The lowest BCUT2D eigenvalue weighted by Crippen LogP contribution is -2.55. The minimum absolute atomic E-state index is 0.101. The molecule has 6 nitrogen and oxygen atoms in total. The number of nitrogens with one attached hydrogen (secondary N) is 2. The zero-order valence-electron chi connectivity index (χ0n) is 18.0. The van der Waals surface area contributed by atoms with Gasteiger partial charge in [-0.15, -0.1) is 0 Å². The van der Waals surface area contributed by atoms with Gasteiger partial charge in [-0.1, -0.05) is 11.6 Å². The van der Waals surface area contributed by atoms with Crippen LogP contribution in [0.3, 0.4) is 0 Å². The number of amides is 2. The number of carbonyl (C=O) groups excluding carboxylic acids is 1. The topological polar surface area (TPSA) is 79.2 Å². The van der Waals surface area contributed by atoms with Crippen molar-refractivity contribution in [2.45, 2.75) is 58.4 Å². The first-order valence-electron chi connectivity index (χ1n) is 11.2. The number of benzene rings is 1. The first-order chi connectivity index (χ1) is 14.8. The van der Waals surface area contributed by atoms with Crippen LogP contribution >= 0.6 is 11.6 Å². The molecule has 7 heteroatoms. The zero-order valence-corrected chi connectivity index (χ0v) is 18.8. The highest BCUT2D eigenvalue weighted by atomic mass is 35.5. The lowest BCUT2D eigenvalue weighted by molar-refractivity contribution is -0.0680. The number of aromatic nitrogens is 2. The van der Waals surface area contributed by atoms with E-state index in [9.17, 15) is 9.59 Å². The number of aryl methyl sites for hydroxylation is 1. The summed E-state index contributed by atoms with van der Waals surface area (Å²) in [4.78, 5) is 29.5. The molecule has 4 aliphatic rings. The minimum Gasteiger partial charge on any atom is -0.333 e. The monoisotopic (exact) mass is 440 g/mol. The van der Waals surface area contributed by atoms with E-state index < -0.39 is 0 Å². The Morgan fingerprint density at radius 2 is 1.77 bits per heavy atom. The number of halogens is 1. The van der Waals surface area contributed by atoms with Gasteiger partial charge in [-0.25, -0.2) is 14.5 Å². The molecule has 0 unspecified atom stereocenters. The van der Waals surface area contributed by atoms with E-state index in [1.54, 1.807) is 31.2 Å². The highest BCUT2D eigenvalue weighted by Crippen LogP contribution is 2.61. The maximum Gasteiger partial charge on any atom is 0.341 e. The smallest absolute Gasteiger partial charge is 0.333 e. The predicted molar refractivity (Wildman–Crippen MR) is 122 cm³/mol. The fraction of sp³-hybridized carbons (Fsp3) is 0.542. The van der Waals surface area contributed by atoms with Crippen LogP contribution in [0.4, 0.5) is 4.79 Å². The Kier molecular flexibility index (Phi) is 5.08. The molecule has 4 aliphatic carbocycles. The number of rotatable bonds is 4. The van der Waals surface area contributed by atoms with Crippen LogP contribution < -0.4 is 10.9 Å². The number of nitrogens with zero attached hydrogens (tertiary/aromatic N) is 2. The van der Waals surface area contributed by atoms with Gasteiger partial charge in [0.2, 0.25) is 0 Å². The zero-order chi connectivity index (χ0) is 21.8. The molecule has 2 amide bonds. The third-order valence-corrected chi connectivity index (χ3v) is 8.11. The maximum absolute atomic E-state index is 12.8. The van der Waals surface area contributed by atoms with E-state index in [1.807, 2.05) is 0 Å². The largest absolute Gasteiger partial charge is 0.341 e. The molecule has 4 fully saturated rings. The predicted octanol–water partition coefficient (Wildman–Crippen LogP) is 4.86. The number of aromatic amines is 1. The van der Waals surface area contributed by atoms with Crippen LogP contribution in [0.1, 0.15) is 56.7 Å². The second-order valence-electron chi connectivity index (χ2n) is 9.98. The molecule has 31 heavy (non-hydrogen) atoms. The van der Waals surface area contributed by atoms with Crippen LogP contribution in [0.5, 0.6) is 0 Å². The van der Waals surface area contributed by atoms with E-state index in [-0.39, 0.29) is 23.0 Å². The van der Waals surface area contributed by atoms with Gasteiger partial charge >= 0.3 is 6.03 Å². The van der Waals surface area contributed by atoms with Gasteiger partial charge in [-0.05, 0) is 99.8 Å². The molecular weight excluding hydrogens is 412 g/mol. The Labute approximate surface area is 187 Å². The van der Waals surface area contributed by atoms with Crippen molar-refractivity contribution in [3.05, 3.63) is 50.9 Å². The van der Waals surface area contributed by atoms with Gasteiger partial charge in [-0.2, -0.15) is 0 Å². The summed E-state index contributed by atoms with van der Waals surface area (Å²) in [5.74, 6) is 2.51. The van der Waals surface area contributed by atoms with E-state index >= 15 is 0 Å². The fourth-order valence-corrected chi connectivity index (χ4v) is 6.82. The summed E-state index contributed by atoms with van der Waals surface area (Å²) in [6.07, 6.45) is 9.20. The minimum atomic E-state index is -0.374. The highest BCUT2D eigenvalue weighted by Gasteiger charge is 2.53. The SMILES string of the molecule is Cc1[nH]n(-c2ccc(Cl)cc2)c(=O)c1C=NC(=O)N[C@H](C)C12CC3CC(CC(C3)C1)C2. The Morgan fingerprint density at radius 3 is 2.35 bits per heavy atom. The Hall–Kier alpha value is -2.34. The fourth-order valence-electron chi connectivity index (χ4n) is 6.69. The molecule has 164 valence electrons. The van der Waals surface area contributed by atoms with Crippen LogP contribution in [-0.2, 0) is 0 Å². The summed E-state index contributed by atoms with van der Waals surface area (Å²) in [5, 5.41) is 6.76. The Morgan fingerprint density at radius 1 is 1.19 bits per heavy atom. The highest BCUT2D eigenvalue weighted by molar-refractivity contribution is 6.30. The Balaban J connectivity index is 1.29. The van der Waals surface area contributed by atoms with Crippen molar-refractivity contribution in [3.63, 3.8) is 0 Å². The van der Waals surface area contributed by atoms with E-state index in [4.69, 9.17) is 11.6 Å². The molecule has 2 aromatic rings. The molecule has 4 saturated carbocycles. The Bertz CT molecular complexity index is 1050. The van der Waals surface area contributed by atoms with Gasteiger partial charge < -0.3 is 5.32 Å². The first kappa shape index (κ1) is 20.6. The molecule has 1 heterocycles. The van der Waals surface area contributed by atoms with Crippen LogP contribution in [0.15, 0.2) is 34.1 Å².